The van der Waals surface area contributed by atoms with Crippen LogP contribution in [0.25, 0.3) is 10.2 Å². The van der Waals surface area contributed by atoms with Crippen molar-refractivity contribution in [3.8, 4) is 5.75 Å². The zero-order valence-corrected chi connectivity index (χ0v) is 15.8. The average molecular weight is 378 g/mol. The first-order valence-electron chi connectivity index (χ1n) is 8.51. The first-order chi connectivity index (χ1) is 13.2. The van der Waals surface area contributed by atoms with Crippen molar-refractivity contribution in [1.82, 2.24) is 4.98 Å². The van der Waals surface area contributed by atoms with Gasteiger partial charge in [0.25, 0.3) is 5.91 Å². The molecule has 0 aliphatic carbocycles. The molecule has 0 aliphatic rings. The van der Waals surface area contributed by atoms with Gasteiger partial charge in [-0.25, -0.2) is 4.98 Å². The number of anilines is 1. The summed E-state index contributed by atoms with van der Waals surface area (Å²) in [5.41, 5.74) is 2.47. The van der Waals surface area contributed by atoms with E-state index in [0.717, 1.165) is 15.8 Å². The summed E-state index contributed by atoms with van der Waals surface area (Å²) in [6, 6.07) is 16.8. The number of carbonyl (C=O) groups is 1. The Labute approximate surface area is 160 Å². The van der Waals surface area contributed by atoms with E-state index in [0.29, 0.717) is 28.7 Å². The van der Waals surface area contributed by atoms with Gasteiger partial charge in [-0.05, 0) is 42.8 Å². The van der Waals surface area contributed by atoms with Crippen LogP contribution in [0.1, 0.15) is 21.7 Å². The van der Waals surface area contributed by atoms with Crippen molar-refractivity contribution in [3.63, 3.8) is 0 Å². The fourth-order valence-corrected chi connectivity index (χ4v) is 3.95. The first-order valence-corrected chi connectivity index (χ1v) is 9.32. The van der Waals surface area contributed by atoms with Crippen LogP contribution >= 0.6 is 11.3 Å². The number of amides is 1. The molecule has 4 aromatic rings. The molecule has 0 radical (unpaired) electrons. The normalized spacial score (nSPS) is 10.9. The third kappa shape index (κ3) is 3.31. The molecular formula is C21H18N2O3S. The van der Waals surface area contributed by atoms with E-state index < -0.39 is 0 Å². The number of hydrogen-bond acceptors (Lipinski definition) is 5. The smallest absolute Gasteiger partial charge is 0.260 e. The summed E-state index contributed by atoms with van der Waals surface area (Å²) in [4.78, 5) is 19.6. The maximum atomic E-state index is 13.2. The lowest BCUT2D eigenvalue weighted by Crippen LogP contribution is -2.30. The van der Waals surface area contributed by atoms with Gasteiger partial charge in [-0.1, -0.05) is 35.6 Å². The predicted molar refractivity (Wildman–Crippen MR) is 107 cm³/mol. The van der Waals surface area contributed by atoms with Crippen molar-refractivity contribution < 1.29 is 13.9 Å². The third-order valence-electron chi connectivity index (χ3n) is 4.30. The van der Waals surface area contributed by atoms with E-state index in [9.17, 15) is 4.79 Å². The Balaban J connectivity index is 1.82. The molecule has 0 unspecified atom stereocenters. The summed E-state index contributed by atoms with van der Waals surface area (Å²) in [7, 11) is 1.62. The van der Waals surface area contributed by atoms with Gasteiger partial charge in [0, 0.05) is 5.56 Å². The highest BCUT2D eigenvalue weighted by Crippen LogP contribution is 2.37. The number of thiazole rings is 1. The van der Waals surface area contributed by atoms with Gasteiger partial charge in [0.05, 0.1) is 24.6 Å². The molecule has 0 bridgehead atoms. The maximum absolute atomic E-state index is 13.2. The Morgan fingerprint density at radius 2 is 1.96 bits per heavy atom. The number of carbonyl (C=O) groups excluding carboxylic acids is 1. The second-order valence-electron chi connectivity index (χ2n) is 6.10. The van der Waals surface area contributed by atoms with Gasteiger partial charge in [-0.3, -0.25) is 9.69 Å². The topological polar surface area (TPSA) is 55.6 Å². The molecule has 2 heterocycles. The molecule has 136 valence electrons. The quantitative estimate of drug-likeness (QED) is 0.487. The second-order valence-corrected chi connectivity index (χ2v) is 7.07. The zero-order valence-electron chi connectivity index (χ0n) is 15.0. The number of furan rings is 1. The van der Waals surface area contributed by atoms with Gasteiger partial charge in [0.15, 0.2) is 5.13 Å². The molecule has 0 N–H and O–H groups in total. The van der Waals surface area contributed by atoms with Crippen LogP contribution in [0.4, 0.5) is 5.13 Å². The maximum Gasteiger partial charge on any atom is 0.260 e. The highest BCUT2D eigenvalue weighted by molar-refractivity contribution is 7.22. The summed E-state index contributed by atoms with van der Waals surface area (Å²) >= 11 is 1.48. The number of benzene rings is 2. The van der Waals surface area contributed by atoms with Gasteiger partial charge < -0.3 is 9.15 Å². The van der Waals surface area contributed by atoms with E-state index in [1.165, 1.54) is 11.3 Å². The highest BCUT2D eigenvalue weighted by atomic mass is 32.1. The number of nitrogens with zero attached hydrogens (tertiary/aromatic N) is 2. The van der Waals surface area contributed by atoms with Crippen LogP contribution in [-0.4, -0.2) is 18.0 Å². The molecule has 5 nitrogen and oxygen atoms in total. The summed E-state index contributed by atoms with van der Waals surface area (Å²) in [6.45, 7) is 2.33. The fourth-order valence-electron chi connectivity index (χ4n) is 2.90. The summed E-state index contributed by atoms with van der Waals surface area (Å²) in [5, 5.41) is 0.614. The average Bonchev–Trinajstić information content (AvgIpc) is 3.37. The van der Waals surface area contributed by atoms with E-state index in [2.05, 4.69) is 0 Å². The molecule has 4 rings (SSSR count). The molecule has 0 aliphatic heterocycles. The van der Waals surface area contributed by atoms with Crippen LogP contribution in [-0.2, 0) is 6.54 Å². The zero-order chi connectivity index (χ0) is 18.8. The van der Waals surface area contributed by atoms with Crippen molar-refractivity contribution >= 4 is 32.6 Å². The number of hydrogen-bond donors (Lipinski definition) is 0. The van der Waals surface area contributed by atoms with E-state index >= 15 is 0 Å². The lowest BCUT2D eigenvalue weighted by Gasteiger charge is -2.18. The van der Waals surface area contributed by atoms with Crippen LogP contribution in [0.15, 0.2) is 65.3 Å². The summed E-state index contributed by atoms with van der Waals surface area (Å²) in [5.74, 6) is 1.27. The van der Waals surface area contributed by atoms with Crippen molar-refractivity contribution in [2.45, 2.75) is 13.5 Å². The van der Waals surface area contributed by atoms with Crippen LogP contribution in [0.2, 0.25) is 0 Å². The number of ether oxygens (including phenoxy) is 1. The van der Waals surface area contributed by atoms with Crippen molar-refractivity contribution in [3.05, 3.63) is 77.7 Å². The Bertz CT molecular complexity index is 1070. The van der Waals surface area contributed by atoms with Crippen LogP contribution in [0.5, 0.6) is 5.75 Å². The minimum Gasteiger partial charge on any atom is -0.494 e. The van der Waals surface area contributed by atoms with Crippen molar-refractivity contribution in [2.75, 3.05) is 12.0 Å². The SMILES string of the molecule is COc1ccc(C)c2sc(N(Cc3ccco3)C(=O)c3ccccc3)nc12. The number of fused-ring (bicyclic) bond motifs is 1. The minimum absolute atomic E-state index is 0.123. The Morgan fingerprint density at radius 1 is 1.15 bits per heavy atom. The number of rotatable bonds is 5. The highest BCUT2D eigenvalue weighted by Gasteiger charge is 2.24. The molecule has 0 fully saturated rings. The Morgan fingerprint density at radius 3 is 2.67 bits per heavy atom. The number of aryl methyl sites for hydroxylation is 1. The van der Waals surface area contributed by atoms with E-state index in [-0.39, 0.29) is 5.91 Å². The van der Waals surface area contributed by atoms with Crippen molar-refractivity contribution in [2.24, 2.45) is 0 Å². The molecule has 27 heavy (non-hydrogen) atoms. The molecule has 0 atom stereocenters. The number of aromatic nitrogens is 1. The van der Waals surface area contributed by atoms with Gasteiger partial charge in [0.2, 0.25) is 0 Å². The Hall–Kier alpha value is -3.12. The molecule has 0 spiro atoms. The molecule has 1 amide bonds. The van der Waals surface area contributed by atoms with Gasteiger partial charge >= 0.3 is 0 Å². The van der Waals surface area contributed by atoms with Gasteiger partial charge in [-0.2, -0.15) is 0 Å². The van der Waals surface area contributed by atoms with E-state index in [4.69, 9.17) is 14.1 Å². The van der Waals surface area contributed by atoms with Gasteiger partial charge in [-0.15, -0.1) is 0 Å². The largest absolute Gasteiger partial charge is 0.494 e. The van der Waals surface area contributed by atoms with Crippen LogP contribution < -0.4 is 9.64 Å². The third-order valence-corrected chi connectivity index (χ3v) is 5.52. The second kappa shape index (κ2) is 7.25. The summed E-state index contributed by atoms with van der Waals surface area (Å²) < 4.78 is 11.9. The molecule has 6 heteroatoms. The van der Waals surface area contributed by atoms with E-state index in [1.807, 2.05) is 49.4 Å². The monoisotopic (exact) mass is 378 g/mol. The predicted octanol–water partition coefficient (Wildman–Crippen LogP) is 5.05. The van der Waals surface area contributed by atoms with E-state index in [1.54, 1.807) is 30.4 Å². The lowest BCUT2D eigenvalue weighted by atomic mass is 10.2. The molecular weight excluding hydrogens is 360 g/mol. The van der Waals surface area contributed by atoms with Crippen molar-refractivity contribution in [1.29, 1.82) is 0 Å². The van der Waals surface area contributed by atoms with Gasteiger partial charge in [0.1, 0.15) is 17.0 Å². The molecule has 0 saturated carbocycles. The number of methoxy groups -OCH3 is 1. The lowest BCUT2D eigenvalue weighted by molar-refractivity contribution is 0.0983. The fraction of sp³-hybridized carbons (Fsp3) is 0.143. The standard InChI is InChI=1S/C21H18N2O3S/c1-14-10-11-17(25-2)18-19(14)27-21(22-18)23(13-16-9-6-12-26-16)20(24)15-7-4-3-5-8-15/h3-12H,13H2,1-2H3. The molecule has 2 aromatic heterocycles. The molecule has 0 saturated heterocycles. The Kier molecular flexibility index (Phi) is 4.64. The first kappa shape index (κ1) is 17.3. The minimum atomic E-state index is -0.123. The van der Waals surface area contributed by atoms with Crippen LogP contribution in [0.3, 0.4) is 0 Å². The van der Waals surface area contributed by atoms with Crippen LogP contribution in [0, 0.1) is 6.92 Å². The molecule has 2 aromatic carbocycles. The summed E-state index contributed by atoms with van der Waals surface area (Å²) in [6.07, 6.45) is 1.60.